The highest BCUT2D eigenvalue weighted by molar-refractivity contribution is 5.78. The van der Waals surface area contributed by atoms with Crippen molar-refractivity contribution in [3.8, 4) is 6.07 Å². The first kappa shape index (κ1) is 11.8. The molecule has 6 heteroatoms. The van der Waals surface area contributed by atoms with Crippen LogP contribution in [0, 0.1) is 11.3 Å². The number of carbonyl (C=O) groups excluding carboxylic acids is 1. The Morgan fingerprint density at radius 2 is 1.77 bits per heavy atom. The van der Waals surface area contributed by atoms with E-state index in [0.717, 1.165) is 0 Å². The second kappa shape index (κ2) is 5.48. The van der Waals surface area contributed by atoms with Gasteiger partial charge in [0.2, 0.25) is 5.91 Å². The number of rotatable bonds is 5. The fraction of sp³-hybridized carbons (Fsp3) is 0.714. The van der Waals surface area contributed by atoms with Crippen molar-refractivity contribution in [3.63, 3.8) is 0 Å². The zero-order valence-electron chi connectivity index (χ0n) is 7.03. The highest BCUT2D eigenvalue weighted by Gasteiger charge is 2.29. The van der Waals surface area contributed by atoms with Crippen LogP contribution in [0.4, 0.5) is 0 Å². The molecule has 0 fully saturated rings. The second-order valence-electron chi connectivity index (χ2n) is 2.64. The molecule has 0 saturated carbocycles. The maximum absolute atomic E-state index is 10.9. The molecular weight excluding hydrogens is 176 g/mol. The maximum atomic E-state index is 10.9. The first-order valence-electron chi connectivity index (χ1n) is 3.64. The van der Waals surface area contributed by atoms with Crippen LogP contribution in [0.15, 0.2) is 0 Å². The molecule has 0 unspecified atom stereocenters. The van der Waals surface area contributed by atoms with Crippen molar-refractivity contribution >= 4 is 5.91 Å². The molecule has 0 aliphatic rings. The van der Waals surface area contributed by atoms with Crippen LogP contribution < -0.4 is 5.32 Å². The predicted octanol–water partition coefficient (Wildman–Crippen LogP) is -2.27. The molecule has 0 rings (SSSR count). The lowest BCUT2D eigenvalue weighted by atomic mass is 10.0. The molecule has 0 spiro atoms. The summed E-state index contributed by atoms with van der Waals surface area (Å²) in [6.07, 6.45) is -0.373. The lowest BCUT2D eigenvalue weighted by Crippen LogP contribution is -2.56. The van der Waals surface area contributed by atoms with Crippen LogP contribution in [-0.4, -0.2) is 46.6 Å². The molecule has 1 amide bonds. The van der Waals surface area contributed by atoms with Crippen LogP contribution in [0.25, 0.3) is 0 Å². The Hall–Kier alpha value is -1.16. The monoisotopic (exact) mass is 188 g/mol. The summed E-state index contributed by atoms with van der Waals surface area (Å²) in [4.78, 5) is 10.9. The van der Waals surface area contributed by atoms with Gasteiger partial charge in [-0.2, -0.15) is 5.26 Å². The van der Waals surface area contributed by atoms with Crippen molar-refractivity contribution in [1.29, 1.82) is 5.26 Å². The Balaban J connectivity index is 4.26. The minimum atomic E-state index is -1.44. The lowest BCUT2D eigenvalue weighted by Gasteiger charge is -2.28. The van der Waals surface area contributed by atoms with Gasteiger partial charge in [0.05, 0.1) is 25.9 Å². The van der Waals surface area contributed by atoms with E-state index in [2.05, 4.69) is 5.32 Å². The zero-order chi connectivity index (χ0) is 10.3. The van der Waals surface area contributed by atoms with Crippen LogP contribution in [0.3, 0.4) is 0 Å². The molecule has 0 saturated heterocycles. The molecule has 4 N–H and O–H groups in total. The lowest BCUT2D eigenvalue weighted by molar-refractivity contribution is -0.124. The molecule has 0 aromatic carbocycles. The third-order valence-electron chi connectivity index (χ3n) is 1.55. The third-order valence-corrected chi connectivity index (χ3v) is 1.55. The van der Waals surface area contributed by atoms with E-state index in [1.807, 2.05) is 0 Å². The van der Waals surface area contributed by atoms with Crippen molar-refractivity contribution in [3.05, 3.63) is 0 Å². The number of hydrogen-bond acceptors (Lipinski definition) is 5. The average molecular weight is 188 g/mol. The molecule has 13 heavy (non-hydrogen) atoms. The third kappa shape index (κ3) is 3.38. The number of nitrogens with zero attached hydrogens (tertiary/aromatic N) is 1. The SMILES string of the molecule is N#CCC(=O)NC(CO)(CO)CO. The van der Waals surface area contributed by atoms with E-state index < -0.39 is 31.3 Å². The van der Waals surface area contributed by atoms with E-state index in [0.29, 0.717) is 0 Å². The van der Waals surface area contributed by atoms with Crippen LogP contribution in [0.1, 0.15) is 6.42 Å². The molecule has 74 valence electrons. The van der Waals surface area contributed by atoms with E-state index in [-0.39, 0.29) is 6.42 Å². The zero-order valence-corrected chi connectivity index (χ0v) is 7.03. The van der Waals surface area contributed by atoms with E-state index in [4.69, 9.17) is 20.6 Å². The van der Waals surface area contributed by atoms with Gasteiger partial charge in [0.15, 0.2) is 0 Å². The Kier molecular flexibility index (Phi) is 4.99. The number of aliphatic hydroxyl groups excluding tert-OH is 3. The molecule has 0 aliphatic heterocycles. The Labute approximate surface area is 75.4 Å². The summed E-state index contributed by atoms with van der Waals surface area (Å²) in [5, 5.41) is 36.7. The highest BCUT2D eigenvalue weighted by atomic mass is 16.3. The number of carbonyl (C=O) groups is 1. The van der Waals surface area contributed by atoms with Gasteiger partial charge in [0, 0.05) is 0 Å². The van der Waals surface area contributed by atoms with Gasteiger partial charge in [0.1, 0.15) is 12.0 Å². The number of amides is 1. The molecule has 0 atom stereocenters. The topological polar surface area (TPSA) is 114 Å². The van der Waals surface area contributed by atoms with Gasteiger partial charge in [0.25, 0.3) is 0 Å². The Bertz CT molecular complexity index is 199. The van der Waals surface area contributed by atoms with Gasteiger partial charge in [-0.1, -0.05) is 0 Å². The van der Waals surface area contributed by atoms with Gasteiger partial charge in [-0.15, -0.1) is 0 Å². The molecule has 0 bridgehead atoms. The molecular formula is C7H12N2O4. The summed E-state index contributed by atoms with van der Waals surface area (Å²) >= 11 is 0. The Morgan fingerprint density at radius 1 is 1.31 bits per heavy atom. The standard InChI is InChI=1S/C7H12N2O4/c8-2-1-6(13)9-7(3-10,4-11)5-12/h10-12H,1,3-5H2,(H,9,13). The van der Waals surface area contributed by atoms with Crippen molar-refractivity contribution in [2.75, 3.05) is 19.8 Å². The summed E-state index contributed by atoms with van der Waals surface area (Å²) in [6, 6.07) is 1.61. The molecule has 0 aromatic heterocycles. The number of nitriles is 1. The summed E-state index contributed by atoms with van der Waals surface area (Å²) in [5.74, 6) is -0.639. The molecule has 0 heterocycles. The summed E-state index contributed by atoms with van der Waals surface area (Å²) in [7, 11) is 0. The Morgan fingerprint density at radius 3 is 2.08 bits per heavy atom. The van der Waals surface area contributed by atoms with Gasteiger partial charge in [-0.3, -0.25) is 4.79 Å². The first-order valence-corrected chi connectivity index (χ1v) is 3.64. The molecule has 6 nitrogen and oxygen atoms in total. The number of nitrogens with one attached hydrogen (secondary N) is 1. The van der Waals surface area contributed by atoms with E-state index >= 15 is 0 Å². The van der Waals surface area contributed by atoms with Crippen molar-refractivity contribution in [1.82, 2.24) is 5.32 Å². The first-order chi connectivity index (χ1) is 6.14. The summed E-state index contributed by atoms with van der Waals surface area (Å²) < 4.78 is 0. The maximum Gasteiger partial charge on any atom is 0.234 e. The van der Waals surface area contributed by atoms with Crippen LogP contribution in [-0.2, 0) is 4.79 Å². The number of aliphatic hydroxyl groups is 3. The minimum Gasteiger partial charge on any atom is -0.394 e. The van der Waals surface area contributed by atoms with Crippen LogP contribution in [0.5, 0.6) is 0 Å². The minimum absolute atomic E-state index is 0.373. The fourth-order valence-electron chi connectivity index (χ4n) is 0.680. The molecule has 0 radical (unpaired) electrons. The normalized spacial score (nSPS) is 10.6. The largest absolute Gasteiger partial charge is 0.394 e. The number of hydrogen-bond donors (Lipinski definition) is 4. The van der Waals surface area contributed by atoms with Crippen molar-refractivity contribution in [2.45, 2.75) is 12.0 Å². The predicted molar refractivity (Wildman–Crippen MR) is 42.4 cm³/mol. The average Bonchev–Trinajstić information content (AvgIpc) is 2.15. The fourth-order valence-corrected chi connectivity index (χ4v) is 0.680. The van der Waals surface area contributed by atoms with Gasteiger partial charge in [-0.25, -0.2) is 0 Å². The van der Waals surface area contributed by atoms with Gasteiger partial charge in [-0.05, 0) is 0 Å². The summed E-state index contributed by atoms with van der Waals surface area (Å²) in [6.45, 7) is -1.76. The molecule has 0 aromatic rings. The summed E-state index contributed by atoms with van der Waals surface area (Å²) in [5.41, 5.74) is -1.44. The molecule has 0 aliphatic carbocycles. The van der Waals surface area contributed by atoms with Gasteiger partial charge >= 0.3 is 0 Å². The van der Waals surface area contributed by atoms with Gasteiger partial charge < -0.3 is 20.6 Å². The smallest absolute Gasteiger partial charge is 0.234 e. The second-order valence-corrected chi connectivity index (χ2v) is 2.64. The van der Waals surface area contributed by atoms with E-state index in [1.165, 1.54) is 0 Å². The van der Waals surface area contributed by atoms with Crippen LogP contribution >= 0.6 is 0 Å². The van der Waals surface area contributed by atoms with E-state index in [1.54, 1.807) is 6.07 Å². The van der Waals surface area contributed by atoms with Crippen LogP contribution in [0.2, 0.25) is 0 Å². The van der Waals surface area contributed by atoms with E-state index in [9.17, 15) is 4.79 Å². The van der Waals surface area contributed by atoms with Crippen molar-refractivity contribution < 1.29 is 20.1 Å². The van der Waals surface area contributed by atoms with Crippen molar-refractivity contribution in [2.24, 2.45) is 0 Å². The quantitative estimate of drug-likeness (QED) is 0.388. The highest BCUT2D eigenvalue weighted by Crippen LogP contribution is 2.01.